The van der Waals surface area contributed by atoms with Gasteiger partial charge in [-0.3, -0.25) is 0 Å². The first-order valence-electron chi connectivity index (χ1n) is 5.86. The Hall–Kier alpha value is -1.68. The smallest absolute Gasteiger partial charge is 0.161 e. The summed E-state index contributed by atoms with van der Waals surface area (Å²) in [6, 6.07) is 5.66. The summed E-state index contributed by atoms with van der Waals surface area (Å²) in [5.41, 5.74) is 1.87. The van der Waals surface area contributed by atoms with Gasteiger partial charge in [0.1, 0.15) is 0 Å². The SMILES string of the molecule is COc1ccc([C@H]2CC(O)=C(C)CO2)cc1OC. The Morgan fingerprint density at radius 1 is 1.22 bits per heavy atom. The lowest BCUT2D eigenvalue weighted by Gasteiger charge is -2.24. The van der Waals surface area contributed by atoms with Crippen molar-refractivity contribution in [1.82, 2.24) is 0 Å². The highest BCUT2D eigenvalue weighted by Crippen LogP contribution is 2.35. The third-order valence-electron chi connectivity index (χ3n) is 3.15. The first-order chi connectivity index (χ1) is 8.65. The molecule has 0 fully saturated rings. The van der Waals surface area contributed by atoms with Crippen molar-refractivity contribution in [1.29, 1.82) is 0 Å². The van der Waals surface area contributed by atoms with Gasteiger partial charge in [-0.1, -0.05) is 6.07 Å². The molecule has 1 atom stereocenters. The molecule has 1 aromatic carbocycles. The zero-order valence-electron chi connectivity index (χ0n) is 10.9. The van der Waals surface area contributed by atoms with Gasteiger partial charge >= 0.3 is 0 Å². The lowest BCUT2D eigenvalue weighted by Crippen LogP contribution is -2.14. The van der Waals surface area contributed by atoms with E-state index in [0.717, 1.165) is 11.1 Å². The van der Waals surface area contributed by atoms with E-state index in [0.29, 0.717) is 30.3 Å². The summed E-state index contributed by atoms with van der Waals surface area (Å²) in [7, 11) is 3.21. The fraction of sp³-hybridized carbons (Fsp3) is 0.429. The highest BCUT2D eigenvalue weighted by molar-refractivity contribution is 5.43. The maximum atomic E-state index is 9.78. The molecule has 1 aromatic rings. The number of aliphatic hydroxyl groups excluding tert-OH is 1. The summed E-state index contributed by atoms with van der Waals surface area (Å²) in [6.07, 6.45) is 0.370. The van der Waals surface area contributed by atoms with Crippen LogP contribution in [-0.4, -0.2) is 25.9 Å². The van der Waals surface area contributed by atoms with E-state index in [4.69, 9.17) is 14.2 Å². The lowest BCUT2D eigenvalue weighted by atomic mass is 10.0. The van der Waals surface area contributed by atoms with Crippen molar-refractivity contribution in [2.75, 3.05) is 20.8 Å². The molecular weight excluding hydrogens is 232 g/mol. The first kappa shape index (κ1) is 12.8. The Balaban J connectivity index is 2.25. The van der Waals surface area contributed by atoms with E-state index in [-0.39, 0.29) is 6.10 Å². The van der Waals surface area contributed by atoms with Crippen LogP contribution in [-0.2, 0) is 4.74 Å². The third kappa shape index (κ3) is 2.43. The second-order valence-electron chi connectivity index (χ2n) is 4.35. The van der Waals surface area contributed by atoms with Crippen molar-refractivity contribution in [2.24, 2.45) is 0 Å². The number of ether oxygens (including phenoxy) is 3. The van der Waals surface area contributed by atoms with Crippen molar-refractivity contribution in [3.63, 3.8) is 0 Å². The van der Waals surface area contributed by atoms with Crippen LogP contribution in [0.1, 0.15) is 25.0 Å². The van der Waals surface area contributed by atoms with Gasteiger partial charge in [0.15, 0.2) is 11.5 Å². The molecule has 18 heavy (non-hydrogen) atoms. The second kappa shape index (κ2) is 5.31. The molecule has 2 rings (SSSR count). The fourth-order valence-corrected chi connectivity index (χ4v) is 1.98. The average Bonchev–Trinajstić information content (AvgIpc) is 2.41. The van der Waals surface area contributed by atoms with Crippen molar-refractivity contribution >= 4 is 0 Å². The van der Waals surface area contributed by atoms with E-state index in [1.165, 1.54) is 0 Å². The number of benzene rings is 1. The van der Waals surface area contributed by atoms with E-state index in [2.05, 4.69) is 0 Å². The van der Waals surface area contributed by atoms with Gasteiger partial charge in [0, 0.05) is 6.42 Å². The van der Waals surface area contributed by atoms with Gasteiger partial charge in [0.05, 0.1) is 32.7 Å². The molecule has 1 heterocycles. The predicted molar refractivity (Wildman–Crippen MR) is 68.2 cm³/mol. The molecule has 0 bridgehead atoms. The molecule has 0 saturated carbocycles. The minimum absolute atomic E-state index is 0.131. The molecule has 1 aliphatic heterocycles. The molecule has 0 saturated heterocycles. The molecule has 98 valence electrons. The van der Waals surface area contributed by atoms with E-state index < -0.39 is 0 Å². The number of methoxy groups -OCH3 is 2. The van der Waals surface area contributed by atoms with Crippen LogP contribution in [0.3, 0.4) is 0 Å². The van der Waals surface area contributed by atoms with Gasteiger partial charge in [0.25, 0.3) is 0 Å². The van der Waals surface area contributed by atoms with E-state index in [1.807, 2.05) is 25.1 Å². The lowest BCUT2D eigenvalue weighted by molar-refractivity contribution is 0.0431. The predicted octanol–water partition coefficient (Wildman–Crippen LogP) is 3.00. The molecule has 4 heteroatoms. The summed E-state index contributed by atoms with van der Waals surface area (Å²) in [5.74, 6) is 1.78. The summed E-state index contributed by atoms with van der Waals surface area (Å²) in [4.78, 5) is 0. The van der Waals surface area contributed by atoms with Gasteiger partial charge in [-0.25, -0.2) is 0 Å². The van der Waals surface area contributed by atoms with E-state index in [9.17, 15) is 5.11 Å². The number of hydrogen-bond acceptors (Lipinski definition) is 4. The zero-order chi connectivity index (χ0) is 13.1. The molecule has 0 amide bonds. The summed E-state index contributed by atoms with van der Waals surface area (Å²) >= 11 is 0. The van der Waals surface area contributed by atoms with Crippen LogP contribution in [0.15, 0.2) is 29.5 Å². The standard InChI is InChI=1S/C14H18O4/c1-9-8-18-13(7-11(9)15)10-4-5-12(16-2)14(6-10)17-3/h4-6,13,15H,7-8H2,1-3H3/t13-/m1/s1. The maximum Gasteiger partial charge on any atom is 0.161 e. The molecule has 4 nitrogen and oxygen atoms in total. The number of rotatable bonds is 3. The maximum absolute atomic E-state index is 9.78. The average molecular weight is 250 g/mol. The van der Waals surface area contributed by atoms with Crippen molar-refractivity contribution in [3.05, 3.63) is 35.1 Å². The Labute approximate surface area is 107 Å². The number of hydrogen-bond donors (Lipinski definition) is 1. The fourth-order valence-electron chi connectivity index (χ4n) is 1.98. The summed E-state index contributed by atoms with van der Waals surface area (Å²) in [5, 5.41) is 9.78. The van der Waals surface area contributed by atoms with Gasteiger partial charge in [-0.05, 0) is 30.2 Å². The molecule has 1 N–H and O–H groups in total. The van der Waals surface area contributed by atoms with Crippen LogP contribution in [0.5, 0.6) is 11.5 Å². The highest BCUT2D eigenvalue weighted by atomic mass is 16.5. The quantitative estimate of drug-likeness (QED) is 0.895. The van der Waals surface area contributed by atoms with E-state index in [1.54, 1.807) is 14.2 Å². The van der Waals surface area contributed by atoms with Crippen LogP contribution >= 0.6 is 0 Å². The van der Waals surface area contributed by atoms with E-state index >= 15 is 0 Å². The Morgan fingerprint density at radius 3 is 2.56 bits per heavy atom. The molecule has 0 aliphatic carbocycles. The topological polar surface area (TPSA) is 47.9 Å². The van der Waals surface area contributed by atoms with Crippen molar-refractivity contribution in [3.8, 4) is 11.5 Å². The van der Waals surface area contributed by atoms with Crippen LogP contribution in [0.25, 0.3) is 0 Å². The molecule has 0 spiro atoms. The third-order valence-corrected chi connectivity index (χ3v) is 3.15. The molecular formula is C14H18O4. The Kier molecular flexibility index (Phi) is 3.77. The summed E-state index contributed by atoms with van der Waals surface area (Å²) in [6.45, 7) is 2.34. The first-order valence-corrected chi connectivity index (χ1v) is 5.86. The molecule has 0 aromatic heterocycles. The van der Waals surface area contributed by atoms with Crippen molar-refractivity contribution < 1.29 is 19.3 Å². The van der Waals surface area contributed by atoms with Crippen LogP contribution < -0.4 is 9.47 Å². The second-order valence-corrected chi connectivity index (χ2v) is 4.35. The highest BCUT2D eigenvalue weighted by Gasteiger charge is 2.21. The van der Waals surface area contributed by atoms with Crippen LogP contribution in [0.4, 0.5) is 0 Å². The zero-order valence-corrected chi connectivity index (χ0v) is 10.9. The largest absolute Gasteiger partial charge is 0.512 e. The van der Waals surface area contributed by atoms with Crippen LogP contribution in [0, 0.1) is 0 Å². The van der Waals surface area contributed by atoms with Crippen LogP contribution in [0.2, 0.25) is 0 Å². The number of aliphatic hydroxyl groups is 1. The van der Waals surface area contributed by atoms with Gasteiger partial charge < -0.3 is 19.3 Å². The minimum Gasteiger partial charge on any atom is -0.512 e. The van der Waals surface area contributed by atoms with Gasteiger partial charge in [-0.2, -0.15) is 0 Å². The Morgan fingerprint density at radius 2 is 1.94 bits per heavy atom. The molecule has 1 aliphatic rings. The minimum atomic E-state index is -0.131. The molecule has 0 radical (unpaired) electrons. The monoisotopic (exact) mass is 250 g/mol. The van der Waals surface area contributed by atoms with Crippen molar-refractivity contribution in [2.45, 2.75) is 19.4 Å². The van der Waals surface area contributed by atoms with Gasteiger partial charge in [0.2, 0.25) is 0 Å². The summed E-state index contributed by atoms with van der Waals surface area (Å²) < 4.78 is 16.2. The van der Waals surface area contributed by atoms with Gasteiger partial charge in [-0.15, -0.1) is 0 Å². The molecule has 0 unspecified atom stereocenters. The Bertz CT molecular complexity index is 465. The normalized spacial score (nSPS) is 19.8.